The maximum absolute atomic E-state index is 14.3. The summed E-state index contributed by atoms with van der Waals surface area (Å²) in [5.74, 6) is -0.0605. The van der Waals surface area contributed by atoms with Crippen molar-refractivity contribution < 1.29 is 15.0 Å². The Balaban J connectivity index is 2.78. The third-order valence-corrected chi connectivity index (χ3v) is 8.59. The van der Waals surface area contributed by atoms with Gasteiger partial charge in [0.15, 0.2) is 0 Å². The van der Waals surface area contributed by atoms with Gasteiger partial charge < -0.3 is 10.2 Å². The van der Waals surface area contributed by atoms with Crippen LogP contribution in [0.15, 0.2) is 24.3 Å². The topological polar surface area (TPSA) is 57.5 Å². The Morgan fingerprint density at radius 3 is 0.947 bits per heavy atom. The predicted octanol–water partition coefficient (Wildman–Crippen LogP) is 9.51. The molecule has 5 heteroatoms. The summed E-state index contributed by atoms with van der Waals surface area (Å²) in [6, 6.07) is 8.05. The number of carbonyl (C=O) groups is 1. The normalized spacial score (nSPS) is 14.9. The van der Waals surface area contributed by atoms with Crippen LogP contribution < -0.4 is 0 Å². The number of ketones is 1. The number of halogens is 2. The molecule has 0 bridgehead atoms. The molecule has 0 aromatic heterocycles. The lowest BCUT2D eigenvalue weighted by molar-refractivity contribution is -0.121. The Morgan fingerprint density at radius 2 is 0.789 bits per heavy atom. The molecule has 38 heavy (non-hydrogen) atoms. The fourth-order valence-corrected chi connectivity index (χ4v) is 6.29. The van der Waals surface area contributed by atoms with Crippen molar-refractivity contribution in [1.29, 1.82) is 0 Å². The zero-order chi connectivity index (χ0) is 29.6. The molecule has 2 N–H and O–H groups in total. The first-order valence-electron chi connectivity index (χ1n) is 13.5. The highest BCUT2D eigenvalue weighted by Crippen LogP contribution is 2.44. The highest BCUT2D eigenvalue weighted by molar-refractivity contribution is 9.09. The minimum Gasteiger partial charge on any atom is -0.507 e. The molecule has 0 fully saturated rings. The van der Waals surface area contributed by atoms with Gasteiger partial charge in [-0.3, -0.25) is 4.79 Å². The number of aromatic hydroxyl groups is 2. The van der Waals surface area contributed by atoms with Gasteiger partial charge in [0.05, 0.1) is 11.8 Å². The van der Waals surface area contributed by atoms with Crippen molar-refractivity contribution in [2.75, 3.05) is 10.7 Å². The first-order valence-corrected chi connectivity index (χ1v) is 15.7. The quantitative estimate of drug-likeness (QED) is 0.306. The van der Waals surface area contributed by atoms with Crippen molar-refractivity contribution in [1.82, 2.24) is 0 Å². The van der Waals surface area contributed by atoms with Gasteiger partial charge >= 0.3 is 0 Å². The number of carbonyl (C=O) groups excluding carboxylic acids is 1. The van der Waals surface area contributed by atoms with Gasteiger partial charge in [-0.2, -0.15) is 0 Å². The Labute approximate surface area is 248 Å². The number of benzene rings is 2. The van der Waals surface area contributed by atoms with Gasteiger partial charge in [-0.1, -0.05) is 139 Å². The second-order valence-corrected chi connectivity index (χ2v) is 16.0. The number of alkyl halides is 2. The van der Waals surface area contributed by atoms with Gasteiger partial charge in [0.2, 0.25) is 0 Å². The average molecular weight is 653 g/mol. The number of hydrogen-bond donors (Lipinski definition) is 2. The van der Waals surface area contributed by atoms with E-state index in [1.165, 1.54) is 0 Å². The van der Waals surface area contributed by atoms with Gasteiger partial charge in [0.1, 0.15) is 17.3 Å². The first kappa shape index (κ1) is 32.9. The third kappa shape index (κ3) is 7.05. The van der Waals surface area contributed by atoms with Crippen molar-refractivity contribution in [3.05, 3.63) is 57.6 Å². The lowest BCUT2D eigenvalue weighted by Crippen LogP contribution is -2.26. The average Bonchev–Trinajstić information content (AvgIpc) is 2.73. The molecule has 3 nitrogen and oxygen atoms in total. The smallest absolute Gasteiger partial charge is 0.149 e. The monoisotopic (exact) mass is 650 g/mol. The SMILES string of the molecule is CC(C)(C)c1cc(C(CBr)C(=O)C(CBr)c2cc(C(C)(C)C)c(O)c(C(C)(C)C)c2)cc(C(C)(C)C)c1O. The minimum atomic E-state index is -0.398. The Bertz CT molecular complexity index is 1010. The molecule has 212 valence electrons. The van der Waals surface area contributed by atoms with Crippen molar-refractivity contribution >= 4 is 37.6 Å². The van der Waals surface area contributed by atoms with E-state index in [-0.39, 0.29) is 27.4 Å². The van der Waals surface area contributed by atoms with E-state index in [1.807, 2.05) is 24.3 Å². The minimum absolute atomic E-state index is 0.106. The lowest BCUT2D eigenvalue weighted by Gasteiger charge is -2.31. The van der Waals surface area contributed by atoms with Crippen molar-refractivity contribution in [3.8, 4) is 11.5 Å². The summed E-state index contributed by atoms with van der Waals surface area (Å²) in [5.41, 5.74) is 4.10. The molecule has 0 saturated carbocycles. The number of Topliss-reactive ketones (excluding diaryl/α,β-unsaturated/α-hetero) is 1. The Kier molecular flexibility index (Phi) is 9.75. The largest absolute Gasteiger partial charge is 0.507 e. The summed E-state index contributed by atoms with van der Waals surface area (Å²) < 4.78 is 0. The third-order valence-electron chi connectivity index (χ3n) is 7.30. The maximum atomic E-state index is 14.3. The zero-order valence-corrected chi connectivity index (χ0v) is 28.6. The van der Waals surface area contributed by atoms with Crippen LogP contribution in [-0.4, -0.2) is 26.7 Å². The van der Waals surface area contributed by atoms with Crippen LogP contribution in [0.2, 0.25) is 0 Å². The molecule has 2 aromatic rings. The van der Waals surface area contributed by atoms with Gasteiger partial charge in [-0.25, -0.2) is 0 Å². The predicted molar refractivity (Wildman–Crippen MR) is 169 cm³/mol. The summed E-state index contributed by atoms with van der Waals surface area (Å²) in [6.45, 7) is 25.0. The molecule has 2 atom stereocenters. The molecule has 0 spiro atoms. The fraction of sp³-hybridized carbons (Fsp3) is 0.606. The molecule has 2 aromatic carbocycles. The Hall–Kier alpha value is -1.33. The van der Waals surface area contributed by atoms with Crippen LogP contribution in [0.5, 0.6) is 11.5 Å². The van der Waals surface area contributed by atoms with Crippen LogP contribution in [0.3, 0.4) is 0 Å². The second kappa shape index (κ2) is 11.3. The van der Waals surface area contributed by atoms with Crippen LogP contribution in [0.25, 0.3) is 0 Å². The maximum Gasteiger partial charge on any atom is 0.149 e. The number of rotatable bonds is 6. The van der Waals surface area contributed by atoms with E-state index in [9.17, 15) is 15.0 Å². The summed E-state index contributed by atoms with van der Waals surface area (Å²) in [7, 11) is 0. The summed E-state index contributed by atoms with van der Waals surface area (Å²) >= 11 is 7.31. The van der Waals surface area contributed by atoms with E-state index in [1.54, 1.807) is 0 Å². The number of hydrogen-bond acceptors (Lipinski definition) is 3. The number of phenols is 2. The molecule has 2 unspecified atom stereocenters. The molecule has 0 radical (unpaired) electrons. The molecule has 0 aliphatic carbocycles. The fourth-order valence-electron chi connectivity index (χ4n) is 4.90. The van der Waals surface area contributed by atoms with Crippen LogP contribution in [0.4, 0.5) is 0 Å². The van der Waals surface area contributed by atoms with Crippen LogP contribution in [-0.2, 0) is 26.5 Å². The molecule has 0 aliphatic heterocycles. The van der Waals surface area contributed by atoms with E-state index in [0.717, 1.165) is 33.4 Å². The van der Waals surface area contributed by atoms with E-state index >= 15 is 0 Å². The highest BCUT2D eigenvalue weighted by Gasteiger charge is 2.35. The van der Waals surface area contributed by atoms with E-state index in [2.05, 4.69) is 115 Å². The summed E-state index contributed by atoms with van der Waals surface area (Å²) in [6.07, 6.45) is 0. The van der Waals surface area contributed by atoms with Gasteiger partial charge in [0.25, 0.3) is 0 Å². The van der Waals surface area contributed by atoms with Gasteiger partial charge in [-0.05, 0) is 55.0 Å². The molecule has 0 saturated heterocycles. The van der Waals surface area contributed by atoms with E-state index in [4.69, 9.17) is 0 Å². The molecule has 0 amide bonds. The Morgan fingerprint density at radius 1 is 0.579 bits per heavy atom. The van der Waals surface area contributed by atoms with E-state index < -0.39 is 11.8 Å². The van der Waals surface area contributed by atoms with Gasteiger partial charge in [0, 0.05) is 10.7 Å². The van der Waals surface area contributed by atoms with Crippen molar-refractivity contribution in [2.45, 2.75) is 117 Å². The van der Waals surface area contributed by atoms with Crippen LogP contribution in [0.1, 0.15) is 128 Å². The molecule has 2 rings (SSSR count). The summed E-state index contributed by atoms with van der Waals surface area (Å²) in [4.78, 5) is 14.3. The molecule has 0 heterocycles. The van der Waals surface area contributed by atoms with Crippen LogP contribution >= 0.6 is 31.9 Å². The zero-order valence-electron chi connectivity index (χ0n) is 25.4. The van der Waals surface area contributed by atoms with Crippen molar-refractivity contribution in [2.24, 2.45) is 0 Å². The molecular formula is C33H48Br2O3. The van der Waals surface area contributed by atoms with E-state index in [0.29, 0.717) is 22.2 Å². The highest BCUT2D eigenvalue weighted by atomic mass is 79.9. The lowest BCUT2D eigenvalue weighted by atomic mass is 9.74. The number of phenolic OH excluding ortho intramolecular Hbond substituents is 2. The van der Waals surface area contributed by atoms with Crippen LogP contribution in [0, 0.1) is 0 Å². The molecule has 0 aliphatic rings. The standard InChI is InChI=1S/C33H48Br2O3/c1-30(2,3)23-13-19(14-24(28(23)37)31(4,5)6)21(17-34)27(36)22(18-35)20-15-25(32(7,8)9)29(38)26(16-20)33(10,11)12/h13-16,21-22,37-38H,17-18H2,1-12H3. The molecular weight excluding hydrogens is 604 g/mol. The van der Waals surface area contributed by atoms with Gasteiger partial charge in [-0.15, -0.1) is 0 Å². The van der Waals surface area contributed by atoms with Crippen molar-refractivity contribution in [3.63, 3.8) is 0 Å². The summed E-state index contributed by atoms with van der Waals surface area (Å²) in [5, 5.41) is 23.4. The first-order chi connectivity index (χ1) is 17.1. The second-order valence-electron chi connectivity index (χ2n) is 14.7.